The number of amides is 1. The average molecular weight is 666 g/mol. The van der Waals surface area contributed by atoms with Gasteiger partial charge in [-0.15, -0.1) is 0 Å². The van der Waals surface area contributed by atoms with Crippen molar-refractivity contribution >= 4 is 68.1 Å². The van der Waals surface area contributed by atoms with Gasteiger partial charge in [0.15, 0.2) is 0 Å². The Labute approximate surface area is 216 Å². The van der Waals surface area contributed by atoms with Crippen LogP contribution in [0.3, 0.4) is 0 Å². The number of carbonyl (C=O) groups excluding carboxylic acids is 1. The predicted octanol–water partition coefficient (Wildman–Crippen LogP) is 6.24. The molecule has 5 nitrogen and oxygen atoms in total. The standard InChI is InChI=1S/C25H17FI2N2O3/c26-20-8-4-3-7-18(20)14-33-24-21(27)9-15(10-22(24)28)13-29-30-25(32)19-11-16-5-1-2-6-17(16)12-23(19)31/h1-13,31H,14H2,(H,30,32). The van der Waals surface area contributed by atoms with Crippen LogP contribution in [0, 0.1) is 13.0 Å². The Bertz CT molecular complexity index is 1350. The van der Waals surface area contributed by atoms with E-state index in [1.165, 1.54) is 12.3 Å². The number of fused-ring (bicyclic) bond motifs is 1. The van der Waals surface area contributed by atoms with Crippen LogP contribution in [0.2, 0.25) is 0 Å². The monoisotopic (exact) mass is 666 g/mol. The minimum Gasteiger partial charge on any atom is -0.507 e. The lowest BCUT2D eigenvalue weighted by Gasteiger charge is -2.12. The summed E-state index contributed by atoms with van der Waals surface area (Å²) in [6.07, 6.45) is 1.51. The van der Waals surface area contributed by atoms with Gasteiger partial charge in [0.2, 0.25) is 0 Å². The number of hydrogen-bond acceptors (Lipinski definition) is 4. The van der Waals surface area contributed by atoms with E-state index in [1.54, 1.807) is 30.3 Å². The molecule has 4 aromatic carbocycles. The Balaban J connectivity index is 1.45. The lowest BCUT2D eigenvalue weighted by atomic mass is 10.1. The molecule has 0 spiro atoms. The highest BCUT2D eigenvalue weighted by Gasteiger charge is 2.13. The fraction of sp³-hybridized carbons (Fsp3) is 0.0400. The van der Waals surface area contributed by atoms with E-state index in [2.05, 4.69) is 55.7 Å². The summed E-state index contributed by atoms with van der Waals surface area (Å²) in [5.74, 6) is -0.272. The Kier molecular flexibility index (Phi) is 7.43. The fourth-order valence-electron chi connectivity index (χ4n) is 3.19. The van der Waals surface area contributed by atoms with Crippen molar-refractivity contribution in [2.24, 2.45) is 5.10 Å². The third-order valence-corrected chi connectivity index (χ3v) is 6.44. The minimum absolute atomic E-state index is 0.109. The van der Waals surface area contributed by atoms with Crippen LogP contribution in [0.25, 0.3) is 10.8 Å². The van der Waals surface area contributed by atoms with E-state index in [-0.39, 0.29) is 23.7 Å². The summed E-state index contributed by atoms with van der Waals surface area (Å²) in [6, 6.07) is 20.8. The van der Waals surface area contributed by atoms with Gasteiger partial charge in [0.25, 0.3) is 5.91 Å². The molecule has 0 aromatic heterocycles. The molecule has 2 N–H and O–H groups in total. The molecule has 0 aliphatic heterocycles. The van der Waals surface area contributed by atoms with Gasteiger partial charge >= 0.3 is 0 Å². The molecule has 0 saturated heterocycles. The summed E-state index contributed by atoms with van der Waals surface area (Å²) in [7, 11) is 0. The topological polar surface area (TPSA) is 70.9 Å². The molecular weight excluding hydrogens is 649 g/mol. The van der Waals surface area contributed by atoms with Crippen LogP contribution < -0.4 is 10.2 Å². The van der Waals surface area contributed by atoms with Gasteiger partial charge in [-0.05, 0) is 91.8 Å². The molecule has 0 heterocycles. The summed E-state index contributed by atoms with van der Waals surface area (Å²) in [5.41, 5.74) is 3.83. The van der Waals surface area contributed by atoms with Crippen LogP contribution in [0.5, 0.6) is 11.5 Å². The molecule has 0 aliphatic rings. The highest BCUT2D eigenvalue weighted by atomic mass is 127. The zero-order chi connectivity index (χ0) is 23.4. The molecular formula is C25H17FI2N2O3. The van der Waals surface area contributed by atoms with Crippen molar-refractivity contribution in [1.82, 2.24) is 5.43 Å². The summed E-state index contributed by atoms with van der Waals surface area (Å²) in [5, 5.41) is 15.9. The van der Waals surface area contributed by atoms with Crippen molar-refractivity contribution in [2.45, 2.75) is 6.61 Å². The van der Waals surface area contributed by atoms with Crippen LogP contribution in [-0.2, 0) is 6.61 Å². The van der Waals surface area contributed by atoms with Gasteiger partial charge in [0, 0.05) is 5.56 Å². The molecule has 8 heteroatoms. The van der Waals surface area contributed by atoms with Gasteiger partial charge < -0.3 is 9.84 Å². The number of phenols is 1. The van der Waals surface area contributed by atoms with E-state index in [0.717, 1.165) is 23.5 Å². The van der Waals surface area contributed by atoms with E-state index in [9.17, 15) is 14.3 Å². The van der Waals surface area contributed by atoms with Crippen molar-refractivity contribution in [2.75, 3.05) is 0 Å². The first-order valence-corrected chi connectivity index (χ1v) is 12.0. The second kappa shape index (κ2) is 10.5. The number of ether oxygens (including phenoxy) is 1. The third kappa shape index (κ3) is 5.61. The van der Waals surface area contributed by atoms with Gasteiger partial charge in [-0.2, -0.15) is 5.10 Å². The molecule has 33 heavy (non-hydrogen) atoms. The Morgan fingerprint density at radius 1 is 1.00 bits per heavy atom. The summed E-state index contributed by atoms with van der Waals surface area (Å²) >= 11 is 4.29. The maximum Gasteiger partial charge on any atom is 0.275 e. The molecule has 4 rings (SSSR count). The van der Waals surface area contributed by atoms with Crippen molar-refractivity contribution in [3.05, 3.63) is 102 Å². The maximum absolute atomic E-state index is 13.8. The van der Waals surface area contributed by atoms with Crippen LogP contribution in [-0.4, -0.2) is 17.2 Å². The molecule has 0 saturated carbocycles. The van der Waals surface area contributed by atoms with E-state index in [0.29, 0.717) is 11.3 Å². The number of nitrogens with one attached hydrogen (secondary N) is 1. The second-order valence-electron chi connectivity index (χ2n) is 7.11. The number of hydrazone groups is 1. The minimum atomic E-state index is -0.510. The zero-order valence-corrected chi connectivity index (χ0v) is 21.4. The fourth-order valence-corrected chi connectivity index (χ4v) is 5.32. The SMILES string of the molecule is O=C(NN=Cc1cc(I)c(OCc2ccccc2F)c(I)c1)c1cc2ccccc2cc1O. The molecule has 0 fully saturated rings. The lowest BCUT2D eigenvalue weighted by Crippen LogP contribution is -2.17. The van der Waals surface area contributed by atoms with Crippen LogP contribution >= 0.6 is 45.2 Å². The molecule has 0 atom stereocenters. The first-order chi connectivity index (χ1) is 15.9. The van der Waals surface area contributed by atoms with Crippen molar-refractivity contribution in [3.63, 3.8) is 0 Å². The van der Waals surface area contributed by atoms with E-state index in [1.807, 2.05) is 36.4 Å². The second-order valence-corrected chi connectivity index (χ2v) is 9.43. The van der Waals surface area contributed by atoms with Crippen molar-refractivity contribution in [1.29, 1.82) is 0 Å². The number of hydrogen-bond donors (Lipinski definition) is 2. The number of rotatable bonds is 6. The van der Waals surface area contributed by atoms with E-state index < -0.39 is 5.91 Å². The largest absolute Gasteiger partial charge is 0.507 e. The first kappa shape index (κ1) is 23.4. The van der Waals surface area contributed by atoms with E-state index >= 15 is 0 Å². The maximum atomic E-state index is 13.8. The highest BCUT2D eigenvalue weighted by molar-refractivity contribution is 14.1. The Morgan fingerprint density at radius 2 is 1.64 bits per heavy atom. The van der Waals surface area contributed by atoms with Gasteiger partial charge in [0.05, 0.1) is 18.9 Å². The normalized spacial score (nSPS) is 11.1. The number of benzene rings is 4. The third-order valence-electron chi connectivity index (χ3n) is 4.84. The Hall–Kier alpha value is -2.73. The van der Waals surface area contributed by atoms with Crippen molar-refractivity contribution < 1.29 is 19.0 Å². The predicted molar refractivity (Wildman–Crippen MR) is 143 cm³/mol. The molecule has 4 aromatic rings. The van der Waals surface area contributed by atoms with Gasteiger partial charge in [0.1, 0.15) is 23.9 Å². The molecule has 0 radical (unpaired) electrons. The molecule has 166 valence electrons. The van der Waals surface area contributed by atoms with Gasteiger partial charge in [-0.25, -0.2) is 9.82 Å². The Morgan fingerprint density at radius 3 is 2.33 bits per heavy atom. The molecule has 0 aliphatic carbocycles. The van der Waals surface area contributed by atoms with Crippen molar-refractivity contribution in [3.8, 4) is 11.5 Å². The number of halogens is 3. The smallest absolute Gasteiger partial charge is 0.275 e. The molecule has 1 amide bonds. The lowest BCUT2D eigenvalue weighted by molar-refractivity contribution is 0.0952. The molecule has 0 bridgehead atoms. The summed E-state index contributed by atoms with van der Waals surface area (Å²) in [4.78, 5) is 12.5. The first-order valence-electron chi connectivity index (χ1n) is 9.83. The van der Waals surface area contributed by atoms with Crippen LogP contribution in [0.1, 0.15) is 21.5 Å². The van der Waals surface area contributed by atoms with Crippen LogP contribution in [0.4, 0.5) is 4.39 Å². The number of phenolic OH excluding ortho intramolecular Hbond substituents is 1. The quantitative estimate of drug-likeness (QED) is 0.146. The average Bonchev–Trinajstić information content (AvgIpc) is 2.79. The number of carbonyl (C=O) groups is 1. The molecule has 0 unspecified atom stereocenters. The van der Waals surface area contributed by atoms with E-state index in [4.69, 9.17) is 4.74 Å². The number of aromatic hydroxyl groups is 1. The van der Waals surface area contributed by atoms with Gasteiger partial charge in [-0.1, -0.05) is 42.5 Å². The number of nitrogens with zero attached hydrogens (tertiary/aromatic N) is 1. The summed E-state index contributed by atoms with van der Waals surface area (Å²) < 4.78 is 21.3. The summed E-state index contributed by atoms with van der Waals surface area (Å²) in [6.45, 7) is 0.122. The zero-order valence-electron chi connectivity index (χ0n) is 17.1. The van der Waals surface area contributed by atoms with Crippen LogP contribution in [0.15, 0.2) is 77.9 Å². The highest BCUT2D eigenvalue weighted by Crippen LogP contribution is 2.30. The van der Waals surface area contributed by atoms with Gasteiger partial charge in [-0.3, -0.25) is 4.79 Å².